The predicted octanol–water partition coefficient (Wildman–Crippen LogP) is 2.56. The predicted molar refractivity (Wildman–Crippen MR) is 68.2 cm³/mol. The van der Waals surface area contributed by atoms with Crippen LogP contribution < -0.4 is 0 Å². The molecule has 0 aliphatic carbocycles. The van der Waals surface area contributed by atoms with E-state index < -0.39 is 0 Å². The molecule has 0 fully saturated rings. The van der Waals surface area contributed by atoms with Crippen molar-refractivity contribution in [2.45, 2.75) is 20.4 Å². The number of hydrogen-bond acceptors (Lipinski definition) is 3. The summed E-state index contributed by atoms with van der Waals surface area (Å²) < 4.78 is 5.33. The van der Waals surface area contributed by atoms with E-state index in [9.17, 15) is 4.79 Å². The third-order valence-corrected chi connectivity index (χ3v) is 2.71. The summed E-state index contributed by atoms with van der Waals surface area (Å²) >= 11 is 0. The Kier molecular flexibility index (Phi) is 3.46. The quantitative estimate of drug-likeness (QED) is 0.833. The lowest BCUT2D eigenvalue weighted by Crippen LogP contribution is -2.26. The second kappa shape index (κ2) is 5.04. The van der Waals surface area contributed by atoms with Gasteiger partial charge in [0.2, 0.25) is 5.76 Å². The monoisotopic (exact) mass is 244 g/mol. The van der Waals surface area contributed by atoms with Crippen LogP contribution in [0.3, 0.4) is 0 Å². The number of aryl methyl sites for hydroxylation is 2. The first-order chi connectivity index (χ1) is 8.58. The van der Waals surface area contributed by atoms with Gasteiger partial charge in [0, 0.05) is 20.5 Å². The maximum absolute atomic E-state index is 12.2. The van der Waals surface area contributed by atoms with Gasteiger partial charge < -0.3 is 9.32 Å². The minimum atomic E-state index is -0.142. The van der Waals surface area contributed by atoms with E-state index in [1.165, 1.54) is 0 Å². The molecule has 0 radical (unpaired) electrons. The van der Waals surface area contributed by atoms with Crippen molar-refractivity contribution in [1.82, 2.24) is 9.88 Å². The fourth-order valence-corrected chi connectivity index (χ4v) is 1.83. The molecule has 1 aromatic heterocycles. The Labute approximate surface area is 106 Å². The molecule has 0 saturated heterocycles. The molecule has 0 saturated carbocycles. The first-order valence-electron chi connectivity index (χ1n) is 5.81. The average Bonchev–Trinajstić information content (AvgIpc) is 2.68. The molecule has 94 valence electrons. The van der Waals surface area contributed by atoms with Crippen molar-refractivity contribution in [3.05, 3.63) is 53.2 Å². The molecule has 1 aromatic carbocycles. The Morgan fingerprint density at radius 3 is 2.50 bits per heavy atom. The summed E-state index contributed by atoms with van der Waals surface area (Å²) in [7, 11) is 1.76. The van der Waals surface area contributed by atoms with E-state index in [0.29, 0.717) is 23.9 Å². The van der Waals surface area contributed by atoms with Crippen molar-refractivity contribution >= 4 is 5.91 Å². The van der Waals surface area contributed by atoms with Gasteiger partial charge in [-0.25, -0.2) is 4.98 Å². The maximum atomic E-state index is 12.2. The van der Waals surface area contributed by atoms with Crippen LogP contribution >= 0.6 is 0 Å². The van der Waals surface area contributed by atoms with Crippen molar-refractivity contribution in [2.24, 2.45) is 0 Å². The smallest absolute Gasteiger partial charge is 0.291 e. The van der Waals surface area contributed by atoms with Gasteiger partial charge in [0.25, 0.3) is 5.91 Å². The van der Waals surface area contributed by atoms with Gasteiger partial charge >= 0.3 is 0 Å². The fraction of sp³-hybridized carbons (Fsp3) is 0.286. The fourth-order valence-electron chi connectivity index (χ4n) is 1.83. The van der Waals surface area contributed by atoms with E-state index in [4.69, 9.17) is 4.42 Å². The van der Waals surface area contributed by atoms with Crippen molar-refractivity contribution < 1.29 is 9.21 Å². The van der Waals surface area contributed by atoms with Gasteiger partial charge in [0.05, 0.1) is 5.69 Å². The van der Waals surface area contributed by atoms with E-state index in [1.54, 1.807) is 25.8 Å². The zero-order valence-corrected chi connectivity index (χ0v) is 10.8. The highest BCUT2D eigenvalue weighted by molar-refractivity contribution is 5.92. The number of carbonyl (C=O) groups excluding carboxylic acids is 1. The summed E-state index contributed by atoms with van der Waals surface area (Å²) in [6, 6.07) is 9.84. The molecule has 0 unspecified atom stereocenters. The number of rotatable bonds is 3. The molecule has 4 nitrogen and oxygen atoms in total. The van der Waals surface area contributed by atoms with Crippen LogP contribution in [0.1, 0.15) is 27.7 Å². The lowest BCUT2D eigenvalue weighted by atomic mass is 10.2. The average molecular weight is 244 g/mol. The van der Waals surface area contributed by atoms with E-state index in [0.717, 1.165) is 5.56 Å². The van der Waals surface area contributed by atoms with Gasteiger partial charge in [-0.1, -0.05) is 30.3 Å². The van der Waals surface area contributed by atoms with Crippen molar-refractivity contribution in [1.29, 1.82) is 0 Å². The summed E-state index contributed by atoms with van der Waals surface area (Å²) in [5, 5.41) is 0. The SMILES string of the molecule is Cc1nc(C)c(C(=O)N(C)Cc2ccccc2)o1. The Morgan fingerprint density at radius 2 is 1.94 bits per heavy atom. The van der Waals surface area contributed by atoms with E-state index in [1.807, 2.05) is 30.3 Å². The number of amides is 1. The lowest BCUT2D eigenvalue weighted by molar-refractivity contribution is 0.0751. The molecular weight excluding hydrogens is 228 g/mol. The highest BCUT2D eigenvalue weighted by atomic mass is 16.4. The van der Waals surface area contributed by atoms with Gasteiger partial charge in [-0.3, -0.25) is 4.79 Å². The van der Waals surface area contributed by atoms with E-state index in [2.05, 4.69) is 4.98 Å². The Morgan fingerprint density at radius 1 is 1.28 bits per heavy atom. The molecule has 18 heavy (non-hydrogen) atoms. The van der Waals surface area contributed by atoms with Gasteiger partial charge in [-0.15, -0.1) is 0 Å². The Hall–Kier alpha value is -2.10. The molecule has 0 N–H and O–H groups in total. The maximum Gasteiger partial charge on any atom is 0.291 e. The highest BCUT2D eigenvalue weighted by Crippen LogP contribution is 2.13. The molecule has 2 aromatic rings. The van der Waals surface area contributed by atoms with Crippen LogP contribution in [0.15, 0.2) is 34.7 Å². The van der Waals surface area contributed by atoms with Gasteiger partial charge in [0.15, 0.2) is 5.89 Å². The van der Waals surface area contributed by atoms with Gasteiger partial charge in [-0.05, 0) is 12.5 Å². The number of nitrogens with zero attached hydrogens (tertiary/aromatic N) is 2. The number of aromatic nitrogens is 1. The molecule has 0 bridgehead atoms. The Bertz CT molecular complexity index is 546. The standard InChI is InChI=1S/C14H16N2O2/c1-10-13(18-11(2)15-10)14(17)16(3)9-12-7-5-4-6-8-12/h4-8H,9H2,1-3H3. The first-order valence-corrected chi connectivity index (χ1v) is 5.81. The van der Waals surface area contributed by atoms with Crippen LogP contribution in [0.2, 0.25) is 0 Å². The lowest BCUT2D eigenvalue weighted by Gasteiger charge is -2.15. The highest BCUT2D eigenvalue weighted by Gasteiger charge is 2.19. The summed E-state index contributed by atoms with van der Waals surface area (Å²) in [5.74, 6) is 0.701. The summed E-state index contributed by atoms with van der Waals surface area (Å²) in [5.41, 5.74) is 1.72. The third kappa shape index (κ3) is 2.59. The van der Waals surface area contributed by atoms with Crippen LogP contribution in [0.5, 0.6) is 0 Å². The zero-order valence-electron chi connectivity index (χ0n) is 10.8. The summed E-state index contributed by atoms with van der Waals surface area (Å²) in [4.78, 5) is 17.9. The molecule has 2 rings (SSSR count). The largest absolute Gasteiger partial charge is 0.436 e. The van der Waals surface area contributed by atoms with Crippen LogP contribution in [-0.4, -0.2) is 22.8 Å². The van der Waals surface area contributed by atoms with Crippen molar-refractivity contribution in [2.75, 3.05) is 7.05 Å². The molecule has 0 spiro atoms. The summed E-state index contributed by atoms with van der Waals surface area (Å²) in [6.45, 7) is 4.07. The van der Waals surface area contributed by atoms with Crippen LogP contribution in [-0.2, 0) is 6.54 Å². The number of oxazole rings is 1. The second-order valence-electron chi connectivity index (χ2n) is 4.29. The van der Waals surface area contributed by atoms with Crippen molar-refractivity contribution in [3.8, 4) is 0 Å². The minimum Gasteiger partial charge on any atom is -0.436 e. The molecule has 0 atom stereocenters. The molecular formula is C14H16N2O2. The second-order valence-corrected chi connectivity index (χ2v) is 4.29. The molecule has 0 aliphatic heterocycles. The van der Waals surface area contributed by atoms with E-state index >= 15 is 0 Å². The molecule has 4 heteroatoms. The van der Waals surface area contributed by atoms with Gasteiger partial charge in [-0.2, -0.15) is 0 Å². The molecule has 1 amide bonds. The van der Waals surface area contributed by atoms with Crippen molar-refractivity contribution in [3.63, 3.8) is 0 Å². The van der Waals surface area contributed by atoms with Crippen LogP contribution in [0, 0.1) is 13.8 Å². The third-order valence-electron chi connectivity index (χ3n) is 2.71. The van der Waals surface area contributed by atoms with E-state index in [-0.39, 0.29) is 5.91 Å². The molecule has 0 aliphatic rings. The topological polar surface area (TPSA) is 46.3 Å². The number of hydrogen-bond donors (Lipinski definition) is 0. The Balaban J connectivity index is 2.12. The zero-order chi connectivity index (χ0) is 13.1. The minimum absolute atomic E-state index is 0.142. The molecule has 1 heterocycles. The number of carbonyl (C=O) groups is 1. The van der Waals surface area contributed by atoms with Gasteiger partial charge in [0.1, 0.15) is 0 Å². The summed E-state index contributed by atoms with van der Waals surface area (Å²) in [6.07, 6.45) is 0. The van der Waals surface area contributed by atoms with Crippen LogP contribution in [0.4, 0.5) is 0 Å². The number of benzene rings is 1. The normalized spacial score (nSPS) is 10.4. The van der Waals surface area contributed by atoms with Crippen LogP contribution in [0.25, 0.3) is 0 Å². The first kappa shape index (κ1) is 12.4.